The Balaban J connectivity index is 2.51. The van der Waals surface area contributed by atoms with Gasteiger partial charge in [-0.2, -0.15) is 0 Å². The second-order valence-electron chi connectivity index (χ2n) is 5.69. The summed E-state index contributed by atoms with van der Waals surface area (Å²) in [5, 5.41) is 2.65. The zero-order chi connectivity index (χ0) is 13.9. The van der Waals surface area contributed by atoms with Crippen LogP contribution in [-0.2, 0) is 9.84 Å². The van der Waals surface area contributed by atoms with Gasteiger partial charge in [0, 0.05) is 7.11 Å². The van der Waals surface area contributed by atoms with Gasteiger partial charge in [-0.3, -0.25) is 0 Å². The van der Waals surface area contributed by atoms with Crippen molar-refractivity contribution in [2.45, 2.75) is 26.2 Å². The lowest BCUT2D eigenvalue weighted by Crippen LogP contribution is -2.47. The van der Waals surface area contributed by atoms with Crippen LogP contribution in [0.2, 0.25) is 0 Å². The van der Waals surface area contributed by atoms with Gasteiger partial charge in [0.15, 0.2) is 0 Å². The van der Waals surface area contributed by atoms with E-state index in [1.165, 1.54) is 15.9 Å². The average molecular weight is 269 g/mol. The summed E-state index contributed by atoms with van der Waals surface area (Å²) >= 11 is 0. The van der Waals surface area contributed by atoms with Crippen molar-refractivity contribution in [2.24, 2.45) is 0 Å². The fraction of sp³-hybridized carbons (Fsp3) is 0.294. The van der Waals surface area contributed by atoms with Gasteiger partial charge in [0.05, 0.1) is 0 Å². The molecule has 0 spiro atoms. The molecule has 0 aliphatic rings. The summed E-state index contributed by atoms with van der Waals surface area (Å²) in [5.41, 5.74) is 1.52. The van der Waals surface area contributed by atoms with Gasteiger partial charge in [-0.1, -0.05) is 75.4 Å². The highest BCUT2D eigenvalue weighted by molar-refractivity contribution is 6.80. The van der Waals surface area contributed by atoms with Gasteiger partial charge in [0.1, 0.15) is 0 Å². The van der Waals surface area contributed by atoms with Gasteiger partial charge in [0.2, 0.25) is 0 Å². The van der Waals surface area contributed by atoms with E-state index in [-0.39, 0.29) is 5.41 Å². The van der Waals surface area contributed by atoms with Crippen LogP contribution in [0.5, 0.6) is 0 Å². The lowest BCUT2D eigenvalue weighted by atomic mass is 9.87. The number of rotatable bonds is 3. The zero-order valence-corrected chi connectivity index (χ0v) is 13.1. The third-order valence-corrected chi connectivity index (χ3v) is 5.41. The normalized spacial score (nSPS) is 11.8. The van der Waals surface area contributed by atoms with E-state index in [0.717, 1.165) is 0 Å². The molecule has 1 nitrogen and oxygen atoms in total. The van der Waals surface area contributed by atoms with Gasteiger partial charge in [-0.15, -0.1) is 0 Å². The number of benzene rings is 2. The molecule has 0 saturated carbocycles. The summed E-state index contributed by atoms with van der Waals surface area (Å²) in [6.45, 7) is 6.77. The van der Waals surface area contributed by atoms with Gasteiger partial charge in [0.25, 0.3) is 9.04 Å². The van der Waals surface area contributed by atoms with E-state index >= 15 is 0 Å². The lowest BCUT2D eigenvalue weighted by Gasteiger charge is -2.25. The summed E-state index contributed by atoms with van der Waals surface area (Å²) in [6, 6.07) is 19.2. The Morgan fingerprint density at radius 3 is 2.00 bits per heavy atom. The molecule has 0 aliphatic heterocycles. The Labute approximate surface area is 118 Å². The van der Waals surface area contributed by atoms with E-state index in [1.807, 2.05) is 13.2 Å². The highest BCUT2D eigenvalue weighted by atomic mass is 28.3. The molecule has 0 aromatic heterocycles. The van der Waals surface area contributed by atoms with Crippen molar-refractivity contribution < 1.29 is 4.43 Å². The van der Waals surface area contributed by atoms with Crippen molar-refractivity contribution in [2.75, 3.05) is 7.11 Å². The largest absolute Gasteiger partial charge is 0.411 e. The minimum Gasteiger partial charge on any atom is -0.411 e. The third-order valence-electron chi connectivity index (χ3n) is 3.22. The second-order valence-corrected chi connectivity index (χ2v) is 7.88. The van der Waals surface area contributed by atoms with Crippen LogP contribution in [0.3, 0.4) is 0 Å². The van der Waals surface area contributed by atoms with E-state index in [1.54, 1.807) is 0 Å². The first-order valence-corrected chi connectivity index (χ1v) is 8.01. The van der Waals surface area contributed by atoms with E-state index < -0.39 is 9.04 Å². The molecule has 0 fully saturated rings. The van der Waals surface area contributed by atoms with Crippen molar-refractivity contribution in [1.29, 1.82) is 0 Å². The topological polar surface area (TPSA) is 9.23 Å². The molecule has 1 radical (unpaired) electrons. The van der Waals surface area contributed by atoms with Crippen molar-refractivity contribution in [3.8, 4) is 0 Å². The third kappa shape index (κ3) is 3.14. The van der Waals surface area contributed by atoms with Crippen molar-refractivity contribution in [3.05, 3.63) is 60.2 Å². The highest BCUT2D eigenvalue weighted by Crippen LogP contribution is 2.20. The Bertz CT molecular complexity index is 528. The predicted octanol–water partition coefficient (Wildman–Crippen LogP) is 2.74. The van der Waals surface area contributed by atoms with E-state index in [9.17, 15) is 0 Å². The van der Waals surface area contributed by atoms with Crippen LogP contribution in [0.25, 0.3) is 0 Å². The molecule has 2 heteroatoms. The Morgan fingerprint density at radius 1 is 0.842 bits per heavy atom. The van der Waals surface area contributed by atoms with Crippen LogP contribution in [0, 0.1) is 0 Å². The molecule has 0 saturated heterocycles. The smallest absolute Gasteiger partial charge is 0.282 e. The second kappa shape index (κ2) is 5.72. The SMILES string of the molecule is CO[Si](c1ccccc1)c1ccccc1C(C)(C)C. The van der Waals surface area contributed by atoms with Gasteiger partial charge >= 0.3 is 0 Å². The molecule has 0 unspecified atom stereocenters. The monoisotopic (exact) mass is 269 g/mol. The lowest BCUT2D eigenvalue weighted by molar-refractivity contribution is 0.438. The summed E-state index contributed by atoms with van der Waals surface area (Å²) in [4.78, 5) is 0. The van der Waals surface area contributed by atoms with Crippen molar-refractivity contribution in [3.63, 3.8) is 0 Å². The zero-order valence-electron chi connectivity index (χ0n) is 12.1. The van der Waals surface area contributed by atoms with Crippen LogP contribution < -0.4 is 10.4 Å². The molecular weight excluding hydrogens is 248 g/mol. The molecule has 2 aromatic rings. The van der Waals surface area contributed by atoms with Crippen molar-refractivity contribution in [1.82, 2.24) is 0 Å². The summed E-state index contributed by atoms with van der Waals surface area (Å²) in [5.74, 6) is 0. The molecule has 0 N–H and O–H groups in total. The maximum absolute atomic E-state index is 5.86. The van der Waals surface area contributed by atoms with Gasteiger partial charge < -0.3 is 4.43 Å². The first kappa shape index (κ1) is 14.0. The Kier molecular flexibility index (Phi) is 4.23. The number of hydrogen-bond acceptors (Lipinski definition) is 1. The van der Waals surface area contributed by atoms with E-state index in [2.05, 4.69) is 69.3 Å². The van der Waals surface area contributed by atoms with Crippen LogP contribution in [0.4, 0.5) is 0 Å². The van der Waals surface area contributed by atoms with Gasteiger partial charge in [-0.05, 0) is 21.4 Å². The average Bonchev–Trinajstić information content (AvgIpc) is 2.40. The Morgan fingerprint density at radius 2 is 1.42 bits per heavy atom. The molecule has 0 heterocycles. The minimum absolute atomic E-state index is 0.139. The van der Waals surface area contributed by atoms with Gasteiger partial charge in [-0.25, -0.2) is 0 Å². The maximum Gasteiger partial charge on any atom is 0.282 e. The molecule has 0 aliphatic carbocycles. The first-order valence-electron chi connectivity index (χ1n) is 6.60. The standard InChI is InChI=1S/C17H21OSi/c1-17(2,3)15-12-8-9-13-16(15)19(18-4)14-10-6-5-7-11-14/h5-13H,1-4H3. The number of hydrogen-bond donors (Lipinski definition) is 0. The van der Waals surface area contributed by atoms with Crippen LogP contribution >= 0.6 is 0 Å². The Hall–Kier alpha value is -1.38. The fourth-order valence-electron chi connectivity index (χ4n) is 2.31. The molecule has 19 heavy (non-hydrogen) atoms. The quantitative estimate of drug-likeness (QED) is 0.779. The first-order chi connectivity index (χ1) is 9.04. The summed E-state index contributed by atoms with van der Waals surface area (Å²) in [7, 11) is 0.669. The highest BCUT2D eigenvalue weighted by Gasteiger charge is 2.25. The van der Waals surface area contributed by atoms with Crippen LogP contribution in [0.15, 0.2) is 54.6 Å². The molecule has 0 atom stereocenters. The summed E-state index contributed by atoms with van der Waals surface area (Å²) < 4.78 is 5.86. The van der Waals surface area contributed by atoms with Crippen molar-refractivity contribution >= 4 is 19.4 Å². The molecule has 2 rings (SSSR count). The van der Waals surface area contributed by atoms with E-state index in [0.29, 0.717) is 0 Å². The van der Waals surface area contributed by atoms with Crippen LogP contribution in [-0.4, -0.2) is 16.2 Å². The van der Waals surface area contributed by atoms with E-state index in [4.69, 9.17) is 4.43 Å². The molecular formula is C17H21OSi. The van der Waals surface area contributed by atoms with Crippen LogP contribution in [0.1, 0.15) is 26.3 Å². The molecule has 0 bridgehead atoms. The molecule has 99 valence electrons. The fourth-order valence-corrected chi connectivity index (χ4v) is 4.52. The maximum atomic E-state index is 5.86. The minimum atomic E-state index is -1.15. The molecule has 0 amide bonds. The predicted molar refractivity (Wildman–Crippen MR) is 83.6 cm³/mol. The molecule has 2 aromatic carbocycles. The summed E-state index contributed by atoms with van der Waals surface area (Å²) in [6.07, 6.45) is 0.